The molecule has 0 aliphatic rings. The largest absolute Gasteiger partial charge is 0.497 e. The number of alkyl halides is 3. The van der Waals surface area contributed by atoms with Gasteiger partial charge in [-0.15, -0.1) is 0 Å². The average molecular weight is 654 g/mol. The third-order valence-electron chi connectivity index (χ3n) is 6.48. The number of nitrogens with one attached hydrogen (secondary N) is 1. The molecule has 8 nitrogen and oxygen atoms in total. The van der Waals surface area contributed by atoms with Crippen molar-refractivity contribution in [1.82, 2.24) is 10.2 Å². The highest BCUT2D eigenvalue weighted by molar-refractivity contribution is 7.92. The van der Waals surface area contributed by atoms with Crippen LogP contribution in [0.4, 0.5) is 18.9 Å². The van der Waals surface area contributed by atoms with Crippen LogP contribution < -0.4 is 14.4 Å². The summed E-state index contributed by atoms with van der Waals surface area (Å²) in [4.78, 5) is 29.1. The van der Waals surface area contributed by atoms with Gasteiger partial charge in [0.05, 0.1) is 29.6 Å². The Balaban J connectivity index is 2.13. The minimum absolute atomic E-state index is 0.0799. The summed E-state index contributed by atoms with van der Waals surface area (Å²) in [5.41, 5.74) is -1.02. The van der Waals surface area contributed by atoms with E-state index in [2.05, 4.69) is 5.32 Å². The molecule has 1 atom stereocenters. The summed E-state index contributed by atoms with van der Waals surface area (Å²) in [5.74, 6) is -0.812. The molecule has 238 valence electrons. The van der Waals surface area contributed by atoms with Gasteiger partial charge in [-0.25, -0.2) is 8.42 Å². The maximum atomic E-state index is 14.1. The number of hydrogen-bond acceptors (Lipinski definition) is 5. The third kappa shape index (κ3) is 9.62. The summed E-state index contributed by atoms with van der Waals surface area (Å²) in [6.07, 6.45) is -4.01. The first-order chi connectivity index (χ1) is 20.4. The summed E-state index contributed by atoms with van der Waals surface area (Å²) in [6, 6.07) is 17.2. The monoisotopic (exact) mass is 653 g/mol. The number of halogens is 4. The topological polar surface area (TPSA) is 96.0 Å². The predicted molar refractivity (Wildman–Crippen MR) is 164 cm³/mol. The van der Waals surface area contributed by atoms with Crippen molar-refractivity contribution < 1.29 is 35.9 Å². The molecular weight excluding hydrogens is 619 g/mol. The molecule has 0 aliphatic carbocycles. The number of sulfonamides is 1. The maximum absolute atomic E-state index is 14.1. The Bertz CT molecular complexity index is 1580. The summed E-state index contributed by atoms with van der Waals surface area (Å²) < 4.78 is 72.6. The van der Waals surface area contributed by atoms with Crippen LogP contribution in [0.1, 0.15) is 37.5 Å². The Morgan fingerprint density at radius 2 is 1.59 bits per heavy atom. The van der Waals surface area contributed by atoms with Crippen molar-refractivity contribution >= 4 is 39.1 Å². The van der Waals surface area contributed by atoms with Crippen LogP contribution in [0.2, 0.25) is 5.02 Å². The van der Waals surface area contributed by atoms with Gasteiger partial charge in [-0.1, -0.05) is 54.1 Å². The van der Waals surface area contributed by atoms with Crippen LogP contribution in [0.5, 0.6) is 5.75 Å². The van der Waals surface area contributed by atoms with E-state index >= 15 is 0 Å². The van der Waals surface area contributed by atoms with E-state index in [-0.39, 0.29) is 13.0 Å². The molecule has 0 aliphatic heterocycles. The van der Waals surface area contributed by atoms with Crippen LogP contribution >= 0.6 is 11.6 Å². The molecule has 0 saturated carbocycles. The van der Waals surface area contributed by atoms with Crippen molar-refractivity contribution in [3.63, 3.8) is 0 Å². The summed E-state index contributed by atoms with van der Waals surface area (Å²) in [6.45, 7) is 4.33. The second-order valence-corrected chi connectivity index (χ2v) is 13.6. The van der Waals surface area contributed by atoms with Gasteiger partial charge in [0.1, 0.15) is 18.3 Å². The van der Waals surface area contributed by atoms with E-state index in [1.807, 2.05) is 0 Å². The maximum Gasteiger partial charge on any atom is 0.417 e. The summed E-state index contributed by atoms with van der Waals surface area (Å²) >= 11 is 5.76. The van der Waals surface area contributed by atoms with Gasteiger partial charge in [-0.3, -0.25) is 13.9 Å². The molecule has 2 amide bonds. The van der Waals surface area contributed by atoms with Gasteiger partial charge in [0.25, 0.3) is 0 Å². The van der Waals surface area contributed by atoms with Crippen LogP contribution in [0.15, 0.2) is 72.8 Å². The number of rotatable bonds is 11. The number of amides is 2. The van der Waals surface area contributed by atoms with Gasteiger partial charge >= 0.3 is 6.18 Å². The van der Waals surface area contributed by atoms with Crippen molar-refractivity contribution in [2.45, 2.75) is 51.5 Å². The second-order valence-electron chi connectivity index (χ2n) is 11.2. The molecule has 13 heteroatoms. The lowest BCUT2D eigenvalue weighted by molar-refractivity contribution is -0.140. The lowest BCUT2D eigenvalue weighted by atomic mass is 10.0. The zero-order valence-corrected chi connectivity index (χ0v) is 26.6. The molecular formula is C31H35ClF3N3O5S. The SMILES string of the molecule is COc1cccc(CN(C(=O)CN(c2ccc(Cl)c(C(F)(F)F)c2)S(C)(=O)=O)[C@@H](Cc2ccccc2)C(=O)NC(C)(C)C)c1. The van der Waals surface area contributed by atoms with E-state index in [4.69, 9.17) is 16.3 Å². The quantitative estimate of drug-likeness (QED) is 0.287. The second kappa shape index (κ2) is 13.9. The van der Waals surface area contributed by atoms with Crippen LogP contribution in [-0.2, 0) is 38.8 Å². The Kier molecular flexibility index (Phi) is 11.0. The number of ether oxygens (including phenoxy) is 1. The number of anilines is 1. The van der Waals surface area contributed by atoms with Crippen molar-refractivity contribution in [3.05, 3.63) is 94.5 Å². The van der Waals surface area contributed by atoms with E-state index < -0.39 is 62.4 Å². The standard InChI is InChI=1S/C31H35ClF3N3O5S/c1-30(2,3)36-29(40)27(17-21-10-7-6-8-11-21)37(19-22-12-9-13-24(16-22)43-4)28(39)20-38(44(5,41)42)23-14-15-26(32)25(18-23)31(33,34)35/h6-16,18,27H,17,19-20H2,1-5H3,(H,36,40)/t27-/m0/s1. The van der Waals surface area contributed by atoms with Gasteiger partial charge in [0, 0.05) is 18.5 Å². The highest BCUT2D eigenvalue weighted by Gasteiger charge is 2.37. The highest BCUT2D eigenvalue weighted by atomic mass is 35.5. The van der Waals surface area contributed by atoms with E-state index in [0.717, 1.165) is 24.0 Å². The molecule has 3 aromatic carbocycles. The Morgan fingerprint density at radius 1 is 0.955 bits per heavy atom. The first kappa shape index (κ1) is 34.7. The van der Waals surface area contributed by atoms with E-state index in [1.165, 1.54) is 12.0 Å². The Labute approximate surface area is 260 Å². The molecule has 0 aromatic heterocycles. The lowest BCUT2D eigenvalue weighted by Gasteiger charge is -2.35. The number of carbonyl (C=O) groups excluding carboxylic acids is 2. The molecule has 0 unspecified atom stereocenters. The van der Waals surface area contributed by atoms with Gasteiger partial charge < -0.3 is 15.0 Å². The minimum atomic E-state index is -4.87. The van der Waals surface area contributed by atoms with Crippen molar-refractivity contribution in [3.8, 4) is 5.75 Å². The normalized spacial score (nSPS) is 12.8. The summed E-state index contributed by atoms with van der Waals surface area (Å²) in [5, 5.41) is 2.28. The fourth-order valence-electron chi connectivity index (χ4n) is 4.47. The number of benzene rings is 3. The highest BCUT2D eigenvalue weighted by Crippen LogP contribution is 2.37. The smallest absolute Gasteiger partial charge is 0.417 e. The lowest BCUT2D eigenvalue weighted by Crippen LogP contribution is -2.56. The van der Waals surface area contributed by atoms with Crippen LogP contribution in [0, 0.1) is 0 Å². The predicted octanol–water partition coefficient (Wildman–Crippen LogP) is 5.69. The molecule has 3 aromatic rings. The first-order valence-corrected chi connectivity index (χ1v) is 15.7. The van der Waals surface area contributed by atoms with Crippen LogP contribution in [0.25, 0.3) is 0 Å². The number of carbonyl (C=O) groups is 2. The fourth-order valence-corrected chi connectivity index (χ4v) is 5.54. The average Bonchev–Trinajstić information content (AvgIpc) is 2.92. The van der Waals surface area contributed by atoms with E-state index in [1.54, 1.807) is 75.4 Å². The molecule has 44 heavy (non-hydrogen) atoms. The van der Waals surface area contributed by atoms with E-state index in [0.29, 0.717) is 21.7 Å². The zero-order valence-electron chi connectivity index (χ0n) is 25.0. The fraction of sp³-hybridized carbons (Fsp3) is 0.355. The van der Waals surface area contributed by atoms with Gasteiger partial charge in [-0.05, 0) is 62.2 Å². The van der Waals surface area contributed by atoms with Crippen LogP contribution in [0.3, 0.4) is 0 Å². The minimum Gasteiger partial charge on any atom is -0.497 e. The summed E-state index contributed by atoms with van der Waals surface area (Å²) in [7, 11) is -2.81. The Hall–Kier alpha value is -3.77. The molecule has 0 saturated heterocycles. The van der Waals surface area contributed by atoms with Gasteiger partial charge in [0.2, 0.25) is 21.8 Å². The zero-order chi connectivity index (χ0) is 32.9. The van der Waals surface area contributed by atoms with Gasteiger partial charge in [-0.2, -0.15) is 13.2 Å². The van der Waals surface area contributed by atoms with Crippen LogP contribution in [-0.4, -0.2) is 56.6 Å². The molecule has 3 rings (SSSR count). The number of hydrogen-bond donors (Lipinski definition) is 1. The van der Waals surface area contributed by atoms with E-state index in [9.17, 15) is 31.2 Å². The van der Waals surface area contributed by atoms with Crippen molar-refractivity contribution in [1.29, 1.82) is 0 Å². The molecule has 0 bridgehead atoms. The molecule has 0 radical (unpaired) electrons. The molecule has 0 fully saturated rings. The first-order valence-electron chi connectivity index (χ1n) is 13.5. The number of methoxy groups -OCH3 is 1. The van der Waals surface area contributed by atoms with Gasteiger partial charge in [0.15, 0.2) is 0 Å². The molecule has 1 N–H and O–H groups in total. The third-order valence-corrected chi connectivity index (χ3v) is 7.95. The van der Waals surface area contributed by atoms with Crippen molar-refractivity contribution in [2.75, 3.05) is 24.2 Å². The Morgan fingerprint density at radius 3 is 2.16 bits per heavy atom. The number of nitrogens with zero attached hydrogens (tertiary/aromatic N) is 2. The molecule has 0 spiro atoms. The molecule has 0 heterocycles. The van der Waals surface area contributed by atoms with Crippen molar-refractivity contribution in [2.24, 2.45) is 0 Å².